The molecule has 2 aromatic carbocycles. The molecule has 0 heterocycles. The molecule has 2 N–H and O–H groups in total. The number of nitrogens with zero attached hydrogens (tertiary/aromatic N) is 1. The maximum absolute atomic E-state index is 12.2. The number of benzene rings is 2. The summed E-state index contributed by atoms with van der Waals surface area (Å²) in [7, 11) is 0. The Kier molecular flexibility index (Phi) is 8.67. The number of alkyl halides is 3. The van der Waals surface area contributed by atoms with E-state index < -0.39 is 15.9 Å². The number of halogens is 4. The molecule has 1 amide bonds. The summed E-state index contributed by atoms with van der Waals surface area (Å²) in [6.07, 6.45) is 1.92. The first kappa shape index (κ1) is 22.3. The monoisotopic (exact) mass is 552 g/mol. The zero-order valence-electron chi connectivity index (χ0n) is 13.7. The van der Waals surface area contributed by atoms with E-state index in [2.05, 4.69) is 47.6 Å². The summed E-state index contributed by atoms with van der Waals surface area (Å²) in [6, 6.07) is 16.8. The molecule has 0 aromatic heterocycles. The van der Waals surface area contributed by atoms with Crippen LogP contribution < -0.4 is 10.6 Å². The molecule has 1 radical (unpaired) electrons. The third-order valence-electron chi connectivity index (χ3n) is 3.14. The van der Waals surface area contributed by atoms with Gasteiger partial charge in [-0.2, -0.15) is 0 Å². The fraction of sp³-hybridized carbons (Fsp3) is 0.111. The number of amidine groups is 1. The second-order valence-corrected chi connectivity index (χ2v) is 9.36. The van der Waals surface area contributed by atoms with Gasteiger partial charge in [0.15, 0.2) is 0 Å². The number of aliphatic imine (C=N–C) groups is 1. The van der Waals surface area contributed by atoms with Crippen molar-refractivity contribution in [3.63, 3.8) is 0 Å². The van der Waals surface area contributed by atoms with Gasteiger partial charge in [-0.3, -0.25) is 0 Å². The number of carbonyl (C=O) groups is 1. The van der Waals surface area contributed by atoms with Crippen LogP contribution in [0.5, 0.6) is 0 Å². The Morgan fingerprint density at radius 2 is 1.85 bits per heavy atom. The van der Waals surface area contributed by atoms with Gasteiger partial charge in [-0.05, 0) is 0 Å². The van der Waals surface area contributed by atoms with Crippen LogP contribution in [-0.4, -0.2) is 36.6 Å². The number of hydrogen-bond acceptors (Lipinski definition) is 2. The molecule has 0 saturated carbocycles. The summed E-state index contributed by atoms with van der Waals surface area (Å²) in [4.78, 5) is 16.4. The molecule has 1 unspecified atom stereocenters. The summed E-state index contributed by atoms with van der Waals surface area (Å²) >= 11 is 24.0. The average molecular weight is 554 g/mol. The molecule has 1 atom stereocenters. The van der Waals surface area contributed by atoms with Gasteiger partial charge in [0.05, 0.1) is 0 Å². The zero-order chi connectivity index (χ0) is 19.9. The van der Waals surface area contributed by atoms with Crippen molar-refractivity contribution in [3.8, 4) is 0 Å². The maximum atomic E-state index is 12.2. The first-order valence-corrected chi connectivity index (χ1v) is 10.4. The summed E-state index contributed by atoms with van der Waals surface area (Å²) in [5, 5.41) is 5.61. The normalized spacial score (nSPS) is 13.4. The van der Waals surface area contributed by atoms with Crippen molar-refractivity contribution in [1.82, 2.24) is 5.32 Å². The topological polar surface area (TPSA) is 53.5 Å². The van der Waals surface area contributed by atoms with Crippen LogP contribution in [0, 0.1) is 0 Å². The third kappa shape index (κ3) is 8.26. The minimum absolute atomic E-state index is 0.358. The first-order valence-electron chi connectivity index (χ1n) is 7.62. The molecule has 2 rings (SSSR count). The van der Waals surface area contributed by atoms with Gasteiger partial charge in [0, 0.05) is 0 Å². The number of amides is 1. The number of hydrogen-bond donors (Lipinski definition) is 2. The average Bonchev–Trinajstić information content (AvgIpc) is 2.59. The minimum atomic E-state index is -1.83. The molecule has 141 valence electrons. The Labute approximate surface area is 189 Å². The van der Waals surface area contributed by atoms with Crippen LogP contribution in [0.3, 0.4) is 0 Å². The molecular weight excluding hydrogens is 539 g/mol. The van der Waals surface area contributed by atoms with E-state index in [9.17, 15) is 4.79 Å². The molecule has 2 aromatic rings. The van der Waals surface area contributed by atoms with E-state index >= 15 is 0 Å². The SMILES string of the molecule is O=C(/C=C/c1ccccc1)NC(N=C([Se])Nc1cccc(Br)c1)C(Cl)(Cl)Cl. The molecule has 4 nitrogen and oxygen atoms in total. The predicted octanol–water partition coefficient (Wildman–Crippen LogP) is 4.91. The van der Waals surface area contributed by atoms with Crippen LogP contribution in [0.4, 0.5) is 5.69 Å². The van der Waals surface area contributed by atoms with E-state index in [1.165, 1.54) is 6.08 Å². The van der Waals surface area contributed by atoms with Crippen molar-refractivity contribution < 1.29 is 4.79 Å². The molecule has 0 saturated heterocycles. The number of carbonyl (C=O) groups excluding carboxylic acids is 1. The number of anilines is 1. The van der Waals surface area contributed by atoms with Crippen molar-refractivity contribution in [3.05, 3.63) is 70.7 Å². The van der Waals surface area contributed by atoms with Gasteiger partial charge in [-0.25, -0.2) is 0 Å². The van der Waals surface area contributed by atoms with Crippen molar-refractivity contribution >= 4 is 89.2 Å². The van der Waals surface area contributed by atoms with E-state index in [-0.39, 0.29) is 0 Å². The predicted molar refractivity (Wildman–Crippen MR) is 119 cm³/mol. The van der Waals surface area contributed by atoms with Crippen molar-refractivity contribution in [2.45, 2.75) is 9.96 Å². The molecule has 0 aliphatic heterocycles. The van der Waals surface area contributed by atoms with Gasteiger partial charge in [-0.1, -0.05) is 0 Å². The molecule has 0 bridgehead atoms. The van der Waals surface area contributed by atoms with E-state index in [1.807, 2.05) is 54.6 Å². The Bertz CT molecular complexity index is 841. The molecule has 0 aliphatic carbocycles. The van der Waals surface area contributed by atoms with Gasteiger partial charge < -0.3 is 0 Å². The molecule has 27 heavy (non-hydrogen) atoms. The Morgan fingerprint density at radius 3 is 2.48 bits per heavy atom. The second kappa shape index (κ2) is 10.5. The summed E-state index contributed by atoms with van der Waals surface area (Å²) in [6.45, 7) is 0. The van der Waals surface area contributed by atoms with Gasteiger partial charge in [0.25, 0.3) is 0 Å². The molecule has 9 heteroatoms. The van der Waals surface area contributed by atoms with Crippen molar-refractivity contribution in [1.29, 1.82) is 0 Å². The van der Waals surface area contributed by atoms with E-state index in [4.69, 9.17) is 34.8 Å². The van der Waals surface area contributed by atoms with Gasteiger partial charge in [0.1, 0.15) is 0 Å². The second-order valence-electron chi connectivity index (χ2n) is 5.27. The van der Waals surface area contributed by atoms with Gasteiger partial charge in [-0.15, -0.1) is 0 Å². The summed E-state index contributed by atoms with van der Waals surface area (Å²) < 4.78 is -0.570. The van der Waals surface area contributed by atoms with Crippen LogP contribution in [0.15, 0.2) is 70.1 Å². The Balaban J connectivity index is 2.08. The van der Waals surface area contributed by atoms with E-state index in [1.54, 1.807) is 6.08 Å². The van der Waals surface area contributed by atoms with E-state index in [0.717, 1.165) is 15.7 Å². The summed E-state index contributed by atoms with van der Waals surface area (Å²) in [5.74, 6) is -0.436. The van der Waals surface area contributed by atoms with E-state index in [0.29, 0.717) is 4.73 Å². The number of nitrogens with one attached hydrogen (secondary N) is 2. The number of rotatable bonds is 5. The van der Waals surface area contributed by atoms with Crippen LogP contribution >= 0.6 is 50.7 Å². The molecule has 0 spiro atoms. The van der Waals surface area contributed by atoms with Crippen molar-refractivity contribution in [2.75, 3.05) is 5.32 Å². The fourth-order valence-corrected chi connectivity index (χ4v) is 3.12. The van der Waals surface area contributed by atoms with Crippen LogP contribution in [0.1, 0.15) is 5.56 Å². The Hall–Kier alpha value is -1.01. The van der Waals surface area contributed by atoms with Crippen LogP contribution in [0.25, 0.3) is 6.08 Å². The van der Waals surface area contributed by atoms with Crippen LogP contribution in [0.2, 0.25) is 0 Å². The first-order chi connectivity index (χ1) is 12.7. The third-order valence-corrected chi connectivity index (χ3v) is 4.69. The fourth-order valence-electron chi connectivity index (χ4n) is 1.95. The standard InChI is InChI=1S/C18H14BrCl3N3OSe/c19-13-7-4-8-14(11-13)23-17(27)25-16(18(20,21)22)24-15(26)10-9-12-5-2-1-3-6-12/h1-11,16H,(H,23,25)(H,24,26)/b10-9+. The van der Waals surface area contributed by atoms with Crippen molar-refractivity contribution in [2.24, 2.45) is 4.99 Å². The quantitative estimate of drug-likeness (QED) is 0.182. The molecule has 0 fully saturated rings. The Morgan fingerprint density at radius 1 is 1.15 bits per heavy atom. The molecular formula is C18H14BrCl3N3OSe. The van der Waals surface area contributed by atoms with Crippen LogP contribution in [-0.2, 0) is 4.79 Å². The van der Waals surface area contributed by atoms with Gasteiger partial charge >= 0.3 is 190 Å². The zero-order valence-corrected chi connectivity index (χ0v) is 19.3. The van der Waals surface area contributed by atoms with Gasteiger partial charge in [0.2, 0.25) is 0 Å². The molecule has 0 aliphatic rings. The summed E-state index contributed by atoms with van der Waals surface area (Å²) in [5.41, 5.74) is 1.66.